The minimum atomic E-state index is 0.907. The molecule has 0 bridgehead atoms. The third-order valence-electron chi connectivity index (χ3n) is 2.81. The Kier molecular flexibility index (Phi) is 3.14. The van der Waals surface area contributed by atoms with Crippen molar-refractivity contribution in [3.05, 3.63) is 46.9 Å². The Morgan fingerprint density at radius 3 is 2.72 bits per heavy atom. The van der Waals surface area contributed by atoms with Crippen LogP contribution in [0.1, 0.15) is 0 Å². The van der Waals surface area contributed by atoms with Gasteiger partial charge in [-0.25, -0.2) is 4.98 Å². The lowest BCUT2D eigenvalue weighted by atomic mass is 10.2. The number of nitrogens with one attached hydrogen (secondary N) is 1. The second-order valence-electron chi connectivity index (χ2n) is 3.95. The van der Waals surface area contributed by atoms with Gasteiger partial charge >= 0.3 is 0 Å². The smallest absolute Gasteiger partial charge is 0.138 e. The van der Waals surface area contributed by atoms with Crippen molar-refractivity contribution in [2.24, 2.45) is 0 Å². The van der Waals surface area contributed by atoms with Crippen molar-refractivity contribution in [2.45, 2.75) is 4.90 Å². The minimum Gasteiger partial charge on any atom is -0.338 e. The Labute approximate surface area is 118 Å². The second-order valence-corrected chi connectivity index (χ2v) is 5.65. The van der Waals surface area contributed by atoms with Gasteiger partial charge in [-0.2, -0.15) is 0 Å². The molecule has 1 aromatic heterocycles. The molecule has 2 aromatic carbocycles. The summed E-state index contributed by atoms with van der Waals surface area (Å²) in [5, 5.41) is 0. The van der Waals surface area contributed by atoms with Gasteiger partial charge in [0.05, 0.1) is 11.0 Å². The Hall–Kier alpha value is -1.26. The van der Waals surface area contributed by atoms with E-state index in [1.54, 1.807) is 11.8 Å². The molecule has 0 aliphatic rings. The van der Waals surface area contributed by atoms with Gasteiger partial charge in [0.2, 0.25) is 0 Å². The molecule has 0 aliphatic carbocycles. The molecule has 2 nitrogen and oxygen atoms in total. The summed E-state index contributed by atoms with van der Waals surface area (Å²) < 4.78 is 1.10. The summed E-state index contributed by atoms with van der Waals surface area (Å²) >= 11 is 5.31. The van der Waals surface area contributed by atoms with Crippen molar-refractivity contribution in [3.8, 4) is 11.4 Å². The van der Waals surface area contributed by atoms with Gasteiger partial charge in [-0.05, 0) is 46.5 Å². The van der Waals surface area contributed by atoms with Crippen LogP contribution in [0.5, 0.6) is 0 Å². The molecule has 1 N–H and O–H groups in total. The van der Waals surface area contributed by atoms with Gasteiger partial charge in [-0.15, -0.1) is 11.8 Å². The highest BCUT2D eigenvalue weighted by atomic mass is 79.9. The molecule has 0 aliphatic heterocycles. The molecule has 0 fully saturated rings. The van der Waals surface area contributed by atoms with Gasteiger partial charge in [0.15, 0.2) is 0 Å². The maximum atomic E-state index is 4.60. The van der Waals surface area contributed by atoms with Crippen LogP contribution < -0.4 is 0 Å². The molecule has 1 heterocycles. The number of rotatable bonds is 2. The quantitative estimate of drug-likeness (QED) is 0.693. The van der Waals surface area contributed by atoms with Crippen LogP contribution in [0.3, 0.4) is 0 Å². The predicted octanol–water partition coefficient (Wildman–Crippen LogP) is 4.71. The molecule has 3 aromatic rings. The summed E-state index contributed by atoms with van der Waals surface area (Å²) in [6.45, 7) is 0. The zero-order chi connectivity index (χ0) is 12.5. The number of benzene rings is 2. The fourth-order valence-corrected chi connectivity index (χ4v) is 3.23. The van der Waals surface area contributed by atoms with Gasteiger partial charge in [-0.3, -0.25) is 0 Å². The molecular formula is C14H11BrN2S. The normalized spacial score (nSPS) is 11.0. The fraction of sp³-hybridized carbons (Fsp3) is 0.0714. The van der Waals surface area contributed by atoms with E-state index in [-0.39, 0.29) is 0 Å². The molecule has 0 amide bonds. The molecule has 4 heteroatoms. The first kappa shape index (κ1) is 11.8. The number of halogens is 1. The molecule has 90 valence electrons. The number of hydrogen-bond acceptors (Lipinski definition) is 2. The standard InChI is InChI=1S/C14H11BrN2S/c1-18-13-7-6-9(8-10(13)15)14-16-11-4-2-3-5-12(11)17-14/h2-8H,1H3,(H,16,17). The number of fused-ring (bicyclic) bond motifs is 1. The van der Waals surface area contributed by atoms with E-state index >= 15 is 0 Å². The topological polar surface area (TPSA) is 28.7 Å². The highest BCUT2D eigenvalue weighted by Crippen LogP contribution is 2.30. The molecule has 0 radical (unpaired) electrons. The number of thioether (sulfide) groups is 1. The van der Waals surface area contributed by atoms with E-state index in [2.05, 4.69) is 50.4 Å². The number of hydrogen-bond donors (Lipinski definition) is 1. The van der Waals surface area contributed by atoms with Crippen LogP contribution in [0.2, 0.25) is 0 Å². The Bertz CT molecular complexity index is 673. The third-order valence-corrected chi connectivity index (χ3v) is 4.53. The Morgan fingerprint density at radius 1 is 1.17 bits per heavy atom. The number of imidazole rings is 1. The fourth-order valence-electron chi connectivity index (χ4n) is 1.90. The maximum Gasteiger partial charge on any atom is 0.138 e. The molecule has 18 heavy (non-hydrogen) atoms. The van der Waals surface area contributed by atoms with Crippen LogP contribution in [0.25, 0.3) is 22.4 Å². The van der Waals surface area contributed by atoms with E-state index in [4.69, 9.17) is 0 Å². The van der Waals surface area contributed by atoms with Crippen molar-refractivity contribution in [3.63, 3.8) is 0 Å². The molecule has 0 saturated carbocycles. The molecule has 0 saturated heterocycles. The Morgan fingerprint density at radius 2 is 2.00 bits per heavy atom. The number of aromatic nitrogens is 2. The molecule has 0 spiro atoms. The van der Waals surface area contributed by atoms with Crippen LogP contribution in [-0.2, 0) is 0 Å². The van der Waals surface area contributed by atoms with Gasteiger partial charge in [-0.1, -0.05) is 18.2 Å². The van der Waals surface area contributed by atoms with E-state index in [1.165, 1.54) is 4.90 Å². The van der Waals surface area contributed by atoms with E-state index in [1.807, 2.05) is 24.3 Å². The van der Waals surface area contributed by atoms with Gasteiger partial charge < -0.3 is 4.98 Å². The average molecular weight is 319 g/mol. The molecule has 0 unspecified atom stereocenters. The Balaban J connectivity index is 2.11. The van der Waals surface area contributed by atoms with Crippen LogP contribution in [0.4, 0.5) is 0 Å². The summed E-state index contributed by atoms with van der Waals surface area (Å²) in [7, 11) is 0. The molecular weight excluding hydrogens is 308 g/mol. The number of para-hydroxylation sites is 2. The number of H-pyrrole nitrogens is 1. The van der Waals surface area contributed by atoms with Crippen LogP contribution in [0, 0.1) is 0 Å². The van der Waals surface area contributed by atoms with Crippen LogP contribution >= 0.6 is 27.7 Å². The average Bonchev–Trinajstić information content (AvgIpc) is 2.82. The number of aromatic amines is 1. The maximum absolute atomic E-state index is 4.60. The third kappa shape index (κ3) is 2.06. The zero-order valence-corrected chi connectivity index (χ0v) is 12.2. The van der Waals surface area contributed by atoms with Crippen molar-refractivity contribution >= 4 is 38.7 Å². The SMILES string of the molecule is CSc1ccc(-c2nc3ccccc3[nH]2)cc1Br. The van der Waals surface area contributed by atoms with E-state index in [9.17, 15) is 0 Å². The largest absolute Gasteiger partial charge is 0.338 e. The highest BCUT2D eigenvalue weighted by molar-refractivity contribution is 9.10. The van der Waals surface area contributed by atoms with Gasteiger partial charge in [0, 0.05) is 14.9 Å². The van der Waals surface area contributed by atoms with E-state index < -0.39 is 0 Å². The summed E-state index contributed by atoms with van der Waals surface area (Å²) in [4.78, 5) is 9.17. The van der Waals surface area contributed by atoms with Crippen molar-refractivity contribution < 1.29 is 0 Å². The number of nitrogens with zero attached hydrogens (tertiary/aromatic N) is 1. The first-order valence-electron chi connectivity index (χ1n) is 5.56. The summed E-state index contributed by atoms with van der Waals surface area (Å²) in [5.41, 5.74) is 3.16. The van der Waals surface area contributed by atoms with Gasteiger partial charge in [0.1, 0.15) is 5.82 Å². The van der Waals surface area contributed by atoms with Crippen molar-refractivity contribution in [2.75, 3.05) is 6.26 Å². The predicted molar refractivity (Wildman–Crippen MR) is 81.0 cm³/mol. The zero-order valence-electron chi connectivity index (χ0n) is 9.77. The van der Waals surface area contributed by atoms with E-state index in [0.29, 0.717) is 0 Å². The highest BCUT2D eigenvalue weighted by Gasteiger charge is 2.07. The van der Waals surface area contributed by atoms with Gasteiger partial charge in [0.25, 0.3) is 0 Å². The molecule has 0 atom stereocenters. The van der Waals surface area contributed by atoms with Crippen molar-refractivity contribution in [1.29, 1.82) is 0 Å². The summed E-state index contributed by atoms with van der Waals surface area (Å²) in [6.07, 6.45) is 2.07. The summed E-state index contributed by atoms with van der Waals surface area (Å²) in [5.74, 6) is 0.907. The summed E-state index contributed by atoms with van der Waals surface area (Å²) in [6, 6.07) is 14.4. The lowest BCUT2D eigenvalue weighted by molar-refractivity contribution is 1.31. The first-order chi connectivity index (χ1) is 8.78. The lowest BCUT2D eigenvalue weighted by Crippen LogP contribution is -1.82. The minimum absolute atomic E-state index is 0.907. The first-order valence-corrected chi connectivity index (χ1v) is 7.58. The molecule has 3 rings (SSSR count). The second kappa shape index (κ2) is 4.78. The van der Waals surface area contributed by atoms with Crippen molar-refractivity contribution in [1.82, 2.24) is 9.97 Å². The van der Waals surface area contributed by atoms with Crippen LogP contribution in [0.15, 0.2) is 51.8 Å². The van der Waals surface area contributed by atoms with E-state index in [0.717, 1.165) is 26.9 Å². The lowest BCUT2D eigenvalue weighted by Gasteiger charge is -2.02. The monoisotopic (exact) mass is 318 g/mol. The van der Waals surface area contributed by atoms with Crippen LogP contribution in [-0.4, -0.2) is 16.2 Å².